The lowest BCUT2D eigenvalue weighted by molar-refractivity contribution is -0.134. The minimum Gasteiger partial charge on any atom is -0.493 e. The molecular formula is C21H23NO3. The Morgan fingerprint density at radius 2 is 1.72 bits per heavy atom. The van der Waals surface area contributed by atoms with E-state index in [0.717, 1.165) is 42.7 Å². The van der Waals surface area contributed by atoms with E-state index in [9.17, 15) is 4.79 Å². The minimum atomic E-state index is -0.0575. The van der Waals surface area contributed by atoms with Crippen LogP contribution in [0, 0.1) is 5.92 Å². The number of carbonyl (C=O) groups excluding carboxylic acids is 1. The number of amides is 1. The molecule has 0 N–H and O–H groups in total. The van der Waals surface area contributed by atoms with Gasteiger partial charge in [0.25, 0.3) is 0 Å². The van der Waals surface area contributed by atoms with Crippen LogP contribution < -0.4 is 9.47 Å². The van der Waals surface area contributed by atoms with Gasteiger partial charge in [-0.3, -0.25) is 4.79 Å². The molecule has 0 bridgehead atoms. The van der Waals surface area contributed by atoms with E-state index < -0.39 is 0 Å². The highest BCUT2D eigenvalue weighted by atomic mass is 16.5. The van der Waals surface area contributed by atoms with E-state index in [-0.39, 0.29) is 17.9 Å². The van der Waals surface area contributed by atoms with Crippen LogP contribution in [0.4, 0.5) is 0 Å². The number of nitrogens with zero attached hydrogens (tertiary/aromatic N) is 1. The smallest absolute Gasteiger partial charge is 0.226 e. The molecule has 1 aliphatic heterocycles. The van der Waals surface area contributed by atoms with Crippen LogP contribution in [-0.2, 0) is 11.2 Å². The van der Waals surface area contributed by atoms with E-state index in [4.69, 9.17) is 9.47 Å². The Labute approximate surface area is 148 Å². The van der Waals surface area contributed by atoms with Crippen LogP contribution in [-0.4, -0.2) is 31.6 Å². The Bertz CT molecular complexity index is 783. The monoisotopic (exact) mass is 337 g/mol. The Morgan fingerprint density at radius 3 is 2.36 bits per heavy atom. The number of hydrogen-bond donors (Lipinski definition) is 0. The van der Waals surface area contributed by atoms with Crippen molar-refractivity contribution in [3.05, 3.63) is 59.2 Å². The lowest BCUT2D eigenvalue weighted by Gasteiger charge is -2.38. The molecule has 1 atom stereocenters. The summed E-state index contributed by atoms with van der Waals surface area (Å²) >= 11 is 0. The first-order valence-corrected chi connectivity index (χ1v) is 8.83. The van der Waals surface area contributed by atoms with Crippen molar-refractivity contribution < 1.29 is 14.3 Å². The van der Waals surface area contributed by atoms with Gasteiger partial charge in [0, 0.05) is 12.5 Å². The third kappa shape index (κ3) is 2.86. The molecule has 0 radical (unpaired) electrons. The summed E-state index contributed by atoms with van der Waals surface area (Å²) in [4.78, 5) is 15.0. The second-order valence-corrected chi connectivity index (χ2v) is 6.78. The second-order valence-electron chi connectivity index (χ2n) is 6.78. The molecular weight excluding hydrogens is 314 g/mol. The first-order valence-electron chi connectivity index (χ1n) is 8.83. The average molecular weight is 337 g/mol. The van der Waals surface area contributed by atoms with Crippen LogP contribution in [0.5, 0.6) is 11.5 Å². The van der Waals surface area contributed by atoms with Gasteiger partial charge in [-0.1, -0.05) is 30.3 Å². The van der Waals surface area contributed by atoms with Gasteiger partial charge in [0.1, 0.15) is 0 Å². The third-order valence-corrected chi connectivity index (χ3v) is 5.20. The second kappa shape index (κ2) is 6.43. The zero-order chi connectivity index (χ0) is 17.4. The SMILES string of the molecule is COc1cc2c(cc1OC)C(c1ccccc1)N(C(=O)C1CC1)CC2. The maximum atomic E-state index is 12.9. The van der Waals surface area contributed by atoms with Crippen molar-refractivity contribution in [3.63, 3.8) is 0 Å². The molecule has 4 nitrogen and oxygen atoms in total. The van der Waals surface area contributed by atoms with Crippen molar-refractivity contribution >= 4 is 5.91 Å². The van der Waals surface area contributed by atoms with Crippen LogP contribution in [0.15, 0.2) is 42.5 Å². The van der Waals surface area contributed by atoms with E-state index in [1.807, 2.05) is 24.3 Å². The zero-order valence-electron chi connectivity index (χ0n) is 14.7. The summed E-state index contributed by atoms with van der Waals surface area (Å²) in [5, 5.41) is 0. The van der Waals surface area contributed by atoms with Crippen molar-refractivity contribution in [3.8, 4) is 11.5 Å². The molecule has 130 valence electrons. The zero-order valence-corrected chi connectivity index (χ0v) is 14.7. The van der Waals surface area contributed by atoms with Gasteiger partial charge in [-0.05, 0) is 48.1 Å². The first-order chi connectivity index (χ1) is 12.2. The number of ether oxygens (including phenoxy) is 2. The lowest BCUT2D eigenvalue weighted by atomic mass is 9.87. The van der Waals surface area contributed by atoms with Gasteiger partial charge in [-0.15, -0.1) is 0 Å². The van der Waals surface area contributed by atoms with Crippen molar-refractivity contribution in [1.29, 1.82) is 0 Å². The summed E-state index contributed by atoms with van der Waals surface area (Å²) in [7, 11) is 3.31. The van der Waals surface area contributed by atoms with Gasteiger partial charge in [-0.2, -0.15) is 0 Å². The number of benzene rings is 2. The molecule has 0 saturated heterocycles. The van der Waals surface area contributed by atoms with E-state index in [1.165, 1.54) is 5.56 Å². The number of methoxy groups -OCH3 is 2. The minimum absolute atomic E-state index is 0.0575. The third-order valence-electron chi connectivity index (χ3n) is 5.20. The van der Waals surface area contributed by atoms with Crippen LogP contribution in [0.1, 0.15) is 35.6 Å². The maximum absolute atomic E-state index is 12.9. The Morgan fingerprint density at radius 1 is 1.04 bits per heavy atom. The van der Waals surface area contributed by atoms with Gasteiger partial charge in [0.2, 0.25) is 5.91 Å². The molecule has 1 amide bonds. The highest BCUT2D eigenvalue weighted by Crippen LogP contribution is 2.43. The predicted octanol–water partition coefficient (Wildman–Crippen LogP) is 3.59. The fraction of sp³-hybridized carbons (Fsp3) is 0.381. The summed E-state index contributed by atoms with van der Waals surface area (Å²) in [5.41, 5.74) is 3.51. The molecule has 2 aromatic carbocycles. The topological polar surface area (TPSA) is 38.8 Å². The van der Waals surface area contributed by atoms with Crippen LogP contribution in [0.25, 0.3) is 0 Å². The molecule has 1 saturated carbocycles. The van der Waals surface area contributed by atoms with Gasteiger partial charge < -0.3 is 14.4 Å². The molecule has 2 aromatic rings. The standard InChI is InChI=1S/C21H23NO3/c1-24-18-12-16-10-11-22(21(23)15-8-9-15)20(14-6-4-3-5-7-14)17(16)13-19(18)25-2/h3-7,12-13,15,20H,8-11H2,1-2H3. The lowest BCUT2D eigenvalue weighted by Crippen LogP contribution is -2.41. The molecule has 4 rings (SSSR count). The number of hydrogen-bond acceptors (Lipinski definition) is 3. The molecule has 1 heterocycles. The van der Waals surface area contributed by atoms with E-state index in [2.05, 4.69) is 23.1 Å². The molecule has 2 aliphatic rings. The first kappa shape index (κ1) is 16.0. The van der Waals surface area contributed by atoms with Crippen molar-refractivity contribution in [1.82, 2.24) is 4.90 Å². The fourth-order valence-corrected chi connectivity index (χ4v) is 3.74. The predicted molar refractivity (Wildman–Crippen MR) is 96.0 cm³/mol. The molecule has 0 spiro atoms. The van der Waals surface area contributed by atoms with E-state index in [1.54, 1.807) is 14.2 Å². The molecule has 1 fully saturated rings. The normalized spacial score (nSPS) is 19.3. The van der Waals surface area contributed by atoms with Crippen molar-refractivity contribution in [2.45, 2.75) is 25.3 Å². The Hall–Kier alpha value is -2.49. The van der Waals surface area contributed by atoms with Gasteiger partial charge in [0.05, 0.1) is 20.3 Å². The highest BCUT2D eigenvalue weighted by molar-refractivity contribution is 5.82. The Kier molecular flexibility index (Phi) is 4.12. The summed E-state index contributed by atoms with van der Waals surface area (Å²) in [5.74, 6) is 1.96. The quantitative estimate of drug-likeness (QED) is 0.856. The highest BCUT2D eigenvalue weighted by Gasteiger charge is 2.39. The summed E-state index contributed by atoms with van der Waals surface area (Å²) in [6.07, 6.45) is 2.89. The fourth-order valence-electron chi connectivity index (χ4n) is 3.74. The van der Waals surface area contributed by atoms with E-state index >= 15 is 0 Å². The van der Waals surface area contributed by atoms with Crippen molar-refractivity contribution in [2.75, 3.05) is 20.8 Å². The molecule has 25 heavy (non-hydrogen) atoms. The average Bonchev–Trinajstić information content (AvgIpc) is 3.51. The number of rotatable bonds is 4. The van der Waals surface area contributed by atoms with Crippen LogP contribution in [0.2, 0.25) is 0 Å². The summed E-state index contributed by atoms with van der Waals surface area (Å²) in [6, 6.07) is 14.3. The maximum Gasteiger partial charge on any atom is 0.226 e. The molecule has 1 aliphatic carbocycles. The summed E-state index contributed by atoms with van der Waals surface area (Å²) in [6.45, 7) is 0.747. The largest absolute Gasteiger partial charge is 0.493 e. The number of carbonyl (C=O) groups is 1. The van der Waals surface area contributed by atoms with Crippen molar-refractivity contribution in [2.24, 2.45) is 5.92 Å². The summed E-state index contributed by atoms with van der Waals surface area (Å²) < 4.78 is 11.0. The Balaban J connectivity index is 1.83. The molecule has 0 aromatic heterocycles. The van der Waals surface area contributed by atoms with Gasteiger partial charge in [-0.25, -0.2) is 0 Å². The molecule has 1 unspecified atom stereocenters. The van der Waals surface area contributed by atoms with Crippen LogP contribution >= 0.6 is 0 Å². The van der Waals surface area contributed by atoms with Crippen LogP contribution in [0.3, 0.4) is 0 Å². The van der Waals surface area contributed by atoms with Gasteiger partial charge in [0.15, 0.2) is 11.5 Å². The molecule has 4 heteroatoms. The van der Waals surface area contributed by atoms with E-state index in [0.29, 0.717) is 5.75 Å². The van der Waals surface area contributed by atoms with Gasteiger partial charge >= 0.3 is 0 Å². The number of fused-ring (bicyclic) bond motifs is 1.